The highest BCUT2D eigenvalue weighted by Gasteiger charge is 2.12. The van der Waals surface area contributed by atoms with Gasteiger partial charge in [-0.2, -0.15) is 0 Å². The van der Waals surface area contributed by atoms with Crippen molar-refractivity contribution < 1.29 is 14.3 Å². The van der Waals surface area contributed by atoms with Gasteiger partial charge in [0.1, 0.15) is 11.5 Å². The largest absolute Gasteiger partial charge is 0.496 e. The molecule has 0 bridgehead atoms. The lowest BCUT2D eigenvalue weighted by atomic mass is 10.1. The third kappa shape index (κ3) is 4.08. The molecule has 6 heteroatoms. The van der Waals surface area contributed by atoms with Gasteiger partial charge in [0.05, 0.1) is 20.5 Å². The maximum Gasteiger partial charge on any atom is 0.200 e. The molecule has 0 fully saturated rings. The maximum atomic E-state index is 12.2. The third-order valence-corrected chi connectivity index (χ3v) is 4.61. The number of halogens is 3. The summed E-state index contributed by atoms with van der Waals surface area (Å²) >= 11 is 10.1. The predicted molar refractivity (Wildman–Crippen MR) is 92.4 cm³/mol. The van der Waals surface area contributed by atoms with E-state index >= 15 is 0 Å². The zero-order valence-electron chi connectivity index (χ0n) is 11.0. The van der Waals surface area contributed by atoms with E-state index in [0.717, 1.165) is 13.4 Å². The van der Waals surface area contributed by atoms with Gasteiger partial charge in [-0.1, -0.05) is 6.07 Å². The number of benzene rings is 2. The molecule has 110 valence electrons. The number of carbonyl (C=O) groups excluding carboxylic acids is 1. The average Bonchev–Trinajstić information content (AvgIpc) is 2.46. The molecular formula is C15H11Br3O3. The van der Waals surface area contributed by atoms with Crippen molar-refractivity contribution in [2.24, 2.45) is 0 Å². The van der Waals surface area contributed by atoms with Crippen LogP contribution in [0.1, 0.15) is 10.4 Å². The summed E-state index contributed by atoms with van der Waals surface area (Å²) in [6.07, 6.45) is 0. The Morgan fingerprint density at radius 3 is 2.29 bits per heavy atom. The summed E-state index contributed by atoms with van der Waals surface area (Å²) < 4.78 is 13.0. The third-order valence-electron chi connectivity index (χ3n) is 2.74. The summed E-state index contributed by atoms with van der Waals surface area (Å²) in [5.74, 6) is 1.18. The smallest absolute Gasteiger partial charge is 0.200 e. The molecule has 3 nitrogen and oxygen atoms in total. The van der Waals surface area contributed by atoms with Crippen LogP contribution in [0.25, 0.3) is 0 Å². The first-order valence-electron chi connectivity index (χ1n) is 5.96. The summed E-state index contributed by atoms with van der Waals surface area (Å²) in [7, 11) is 1.58. The Bertz CT molecular complexity index is 651. The van der Waals surface area contributed by atoms with Crippen LogP contribution in [-0.4, -0.2) is 19.5 Å². The number of hydrogen-bond acceptors (Lipinski definition) is 3. The molecule has 21 heavy (non-hydrogen) atoms. The maximum absolute atomic E-state index is 12.2. The number of para-hydroxylation sites is 1. The highest BCUT2D eigenvalue weighted by molar-refractivity contribution is 9.11. The predicted octanol–water partition coefficient (Wildman–Crippen LogP) is 5.24. The Hall–Kier alpha value is -0.850. The van der Waals surface area contributed by atoms with Gasteiger partial charge in [-0.15, -0.1) is 0 Å². The van der Waals surface area contributed by atoms with Gasteiger partial charge in [-0.25, -0.2) is 0 Å². The number of Topliss-reactive ketones (excluding diaryl/α,β-unsaturated/α-hetero) is 1. The fraction of sp³-hybridized carbons (Fsp3) is 0.133. The number of carbonyl (C=O) groups is 1. The van der Waals surface area contributed by atoms with Gasteiger partial charge < -0.3 is 9.47 Å². The molecule has 0 amide bonds. The van der Waals surface area contributed by atoms with Crippen molar-refractivity contribution in [3.8, 4) is 11.5 Å². The van der Waals surface area contributed by atoms with Crippen LogP contribution >= 0.6 is 47.8 Å². The standard InChI is InChI=1S/C15H11Br3O3/c1-20-14-6-5-9(7-12(14)18)13(19)8-21-15-10(16)3-2-4-11(15)17/h2-7H,8H2,1H3. The fourth-order valence-corrected chi connectivity index (χ4v) is 3.45. The van der Waals surface area contributed by atoms with Crippen LogP contribution in [-0.2, 0) is 0 Å². The molecule has 0 unspecified atom stereocenters. The first kappa shape index (κ1) is 16.5. The second-order valence-electron chi connectivity index (χ2n) is 4.11. The Kier molecular flexibility index (Phi) is 5.84. The van der Waals surface area contributed by atoms with E-state index in [1.54, 1.807) is 25.3 Å². The van der Waals surface area contributed by atoms with E-state index in [-0.39, 0.29) is 12.4 Å². The van der Waals surface area contributed by atoms with E-state index in [0.29, 0.717) is 17.1 Å². The second kappa shape index (κ2) is 7.42. The quantitative estimate of drug-likeness (QED) is 0.551. The number of rotatable bonds is 5. The number of ketones is 1. The highest BCUT2D eigenvalue weighted by Crippen LogP contribution is 2.33. The molecule has 0 atom stereocenters. The lowest BCUT2D eigenvalue weighted by Gasteiger charge is -2.10. The van der Waals surface area contributed by atoms with Crippen LogP contribution in [0.3, 0.4) is 0 Å². The molecule has 2 rings (SSSR count). The Morgan fingerprint density at radius 1 is 1.05 bits per heavy atom. The minimum atomic E-state index is -0.110. The Labute approximate surface area is 148 Å². The van der Waals surface area contributed by atoms with Gasteiger partial charge in [-0.3, -0.25) is 4.79 Å². The summed E-state index contributed by atoms with van der Waals surface area (Å²) in [5, 5.41) is 0. The van der Waals surface area contributed by atoms with E-state index in [1.807, 2.05) is 18.2 Å². The van der Waals surface area contributed by atoms with E-state index in [1.165, 1.54) is 0 Å². The van der Waals surface area contributed by atoms with Gasteiger partial charge in [0, 0.05) is 5.56 Å². The number of hydrogen-bond donors (Lipinski definition) is 0. The summed E-state index contributed by atoms with van der Waals surface area (Å²) in [6, 6.07) is 10.8. The van der Waals surface area contributed by atoms with Crippen LogP contribution in [0.5, 0.6) is 11.5 Å². The molecule has 0 N–H and O–H groups in total. The molecule has 2 aromatic rings. The molecule has 2 aromatic carbocycles. The van der Waals surface area contributed by atoms with E-state index in [9.17, 15) is 4.79 Å². The SMILES string of the molecule is COc1ccc(C(=O)COc2c(Br)cccc2Br)cc1Br. The van der Waals surface area contributed by atoms with E-state index in [4.69, 9.17) is 9.47 Å². The molecule has 0 aliphatic heterocycles. The van der Waals surface area contributed by atoms with Crippen molar-refractivity contribution in [1.82, 2.24) is 0 Å². The molecule has 0 aliphatic rings. The van der Waals surface area contributed by atoms with Gasteiger partial charge in [0.15, 0.2) is 12.4 Å². The topological polar surface area (TPSA) is 35.5 Å². The average molecular weight is 479 g/mol. The monoisotopic (exact) mass is 476 g/mol. The van der Waals surface area contributed by atoms with Gasteiger partial charge in [0.2, 0.25) is 0 Å². The first-order valence-corrected chi connectivity index (χ1v) is 8.34. The molecule has 0 saturated carbocycles. The van der Waals surface area contributed by atoms with E-state index in [2.05, 4.69) is 47.8 Å². The molecule has 0 radical (unpaired) electrons. The zero-order valence-corrected chi connectivity index (χ0v) is 15.8. The van der Waals surface area contributed by atoms with Crippen molar-refractivity contribution >= 4 is 53.6 Å². The molecule has 0 saturated heterocycles. The number of ether oxygens (including phenoxy) is 2. The van der Waals surface area contributed by atoms with Crippen molar-refractivity contribution in [3.63, 3.8) is 0 Å². The van der Waals surface area contributed by atoms with Crippen LogP contribution in [0.4, 0.5) is 0 Å². The lowest BCUT2D eigenvalue weighted by molar-refractivity contribution is 0.0920. The number of methoxy groups -OCH3 is 1. The molecule has 0 spiro atoms. The van der Waals surface area contributed by atoms with Gasteiger partial charge in [0.25, 0.3) is 0 Å². The summed E-state index contributed by atoms with van der Waals surface area (Å²) in [6.45, 7) is -0.0417. The molecular weight excluding hydrogens is 468 g/mol. The van der Waals surface area contributed by atoms with Crippen molar-refractivity contribution in [3.05, 3.63) is 55.4 Å². The minimum absolute atomic E-state index is 0.0417. The van der Waals surface area contributed by atoms with Crippen molar-refractivity contribution in [2.45, 2.75) is 0 Å². The van der Waals surface area contributed by atoms with Crippen molar-refractivity contribution in [1.29, 1.82) is 0 Å². The first-order chi connectivity index (χ1) is 10.0. The summed E-state index contributed by atoms with van der Waals surface area (Å²) in [5.41, 5.74) is 0.561. The normalized spacial score (nSPS) is 10.3. The van der Waals surface area contributed by atoms with Gasteiger partial charge in [-0.05, 0) is 78.1 Å². The summed E-state index contributed by atoms with van der Waals surface area (Å²) in [4.78, 5) is 12.2. The van der Waals surface area contributed by atoms with E-state index < -0.39 is 0 Å². The Morgan fingerprint density at radius 2 is 1.71 bits per heavy atom. The minimum Gasteiger partial charge on any atom is -0.496 e. The lowest BCUT2D eigenvalue weighted by Crippen LogP contribution is -2.12. The van der Waals surface area contributed by atoms with Crippen LogP contribution in [0.15, 0.2) is 49.8 Å². The zero-order chi connectivity index (χ0) is 15.4. The van der Waals surface area contributed by atoms with Crippen LogP contribution < -0.4 is 9.47 Å². The molecule has 0 aliphatic carbocycles. The molecule has 0 heterocycles. The Balaban J connectivity index is 2.10. The van der Waals surface area contributed by atoms with Crippen LogP contribution in [0.2, 0.25) is 0 Å². The van der Waals surface area contributed by atoms with Gasteiger partial charge >= 0.3 is 0 Å². The van der Waals surface area contributed by atoms with Crippen molar-refractivity contribution in [2.75, 3.05) is 13.7 Å². The molecule has 0 aromatic heterocycles. The van der Waals surface area contributed by atoms with Crippen LogP contribution in [0, 0.1) is 0 Å². The second-order valence-corrected chi connectivity index (χ2v) is 6.67. The fourth-order valence-electron chi connectivity index (χ4n) is 1.68. The highest BCUT2D eigenvalue weighted by atomic mass is 79.9.